The number of likely N-dealkylation sites (N-methyl/N-ethyl adjacent to an activating group) is 1. The van der Waals surface area contributed by atoms with Crippen LogP contribution in [-0.2, 0) is 46.3 Å². The Bertz CT molecular complexity index is 1560. The lowest BCUT2D eigenvalue weighted by Gasteiger charge is -2.34. The molecule has 4 N–H and O–H groups in total. The molecule has 5 amide bonds. The molecule has 0 saturated carbocycles. The number of hydrogen-bond acceptors (Lipinski definition) is 8. The number of carbonyl (C=O) groups is 6. The van der Waals surface area contributed by atoms with Crippen molar-refractivity contribution in [3.05, 3.63) is 71.8 Å². The van der Waals surface area contributed by atoms with Crippen molar-refractivity contribution in [1.82, 2.24) is 26.2 Å². The Kier molecular flexibility index (Phi) is 18.3. The highest BCUT2D eigenvalue weighted by atomic mass is 16.6. The Balaban J connectivity index is 2.38. The summed E-state index contributed by atoms with van der Waals surface area (Å²) in [6.07, 6.45) is 0.0994. The van der Waals surface area contributed by atoms with Gasteiger partial charge in [0.1, 0.15) is 35.8 Å². The van der Waals surface area contributed by atoms with Gasteiger partial charge in [-0.3, -0.25) is 19.2 Å². The van der Waals surface area contributed by atoms with Gasteiger partial charge in [0.15, 0.2) is 0 Å². The van der Waals surface area contributed by atoms with E-state index >= 15 is 0 Å². The summed E-state index contributed by atoms with van der Waals surface area (Å²) in [5.41, 5.74) is 0.811. The summed E-state index contributed by atoms with van der Waals surface area (Å²) in [7, 11) is 2.74. The van der Waals surface area contributed by atoms with Gasteiger partial charge in [0.2, 0.25) is 23.6 Å². The number of methoxy groups -OCH3 is 1. The van der Waals surface area contributed by atoms with E-state index < -0.39 is 77.4 Å². The lowest BCUT2D eigenvalue weighted by Crippen LogP contribution is -2.60. The van der Waals surface area contributed by atoms with Crippen LogP contribution in [0.5, 0.6) is 0 Å². The predicted octanol–water partition coefficient (Wildman–Crippen LogP) is 4.57. The quantitative estimate of drug-likeness (QED) is 0.151. The minimum Gasteiger partial charge on any atom is -0.467 e. The largest absolute Gasteiger partial charge is 0.467 e. The zero-order chi connectivity index (χ0) is 41.5. The molecule has 2 rings (SSSR count). The van der Waals surface area contributed by atoms with Crippen molar-refractivity contribution in [1.29, 1.82) is 0 Å². The molecule has 55 heavy (non-hydrogen) atoms. The molecular formula is C42H63N5O8. The molecule has 0 radical (unpaired) electrons. The van der Waals surface area contributed by atoms with Crippen LogP contribution < -0.4 is 21.3 Å². The minimum absolute atomic E-state index is 0.0214. The number of alkyl carbamates (subject to hydrolysis) is 1. The third-order valence-electron chi connectivity index (χ3n) is 8.76. The number of carbonyl (C=O) groups excluding carboxylic acids is 6. The van der Waals surface area contributed by atoms with Crippen LogP contribution in [0.25, 0.3) is 0 Å². The molecule has 5 atom stereocenters. The Morgan fingerprint density at radius 3 is 1.55 bits per heavy atom. The van der Waals surface area contributed by atoms with Crippen LogP contribution in [-0.4, -0.2) is 90.6 Å². The van der Waals surface area contributed by atoms with Crippen LogP contribution in [0.15, 0.2) is 60.7 Å². The lowest BCUT2D eigenvalue weighted by molar-refractivity contribution is -0.147. The maximum atomic E-state index is 14.3. The second kappa shape index (κ2) is 21.8. The van der Waals surface area contributed by atoms with Crippen molar-refractivity contribution in [2.75, 3.05) is 14.2 Å². The van der Waals surface area contributed by atoms with Crippen LogP contribution >= 0.6 is 0 Å². The van der Waals surface area contributed by atoms with Crippen molar-refractivity contribution >= 4 is 35.7 Å². The Morgan fingerprint density at radius 1 is 0.636 bits per heavy atom. The van der Waals surface area contributed by atoms with Crippen LogP contribution in [0.3, 0.4) is 0 Å². The summed E-state index contributed by atoms with van der Waals surface area (Å²) in [5, 5.41) is 11.1. The third kappa shape index (κ3) is 16.1. The van der Waals surface area contributed by atoms with E-state index in [1.807, 2.05) is 88.4 Å². The maximum absolute atomic E-state index is 14.3. The molecule has 0 aromatic heterocycles. The maximum Gasteiger partial charge on any atom is 0.408 e. The van der Waals surface area contributed by atoms with Gasteiger partial charge in [0.05, 0.1) is 7.11 Å². The second-order valence-corrected chi connectivity index (χ2v) is 16.2. The Morgan fingerprint density at radius 2 is 1.09 bits per heavy atom. The molecule has 0 bridgehead atoms. The smallest absolute Gasteiger partial charge is 0.408 e. The van der Waals surface area contributed by atoms with Gasteiger partial charge in [-0.05, 0) is 62.5 Å². The van der Waals surface area contributed by atoms with Gasteiger partial charge in [0, 0.05) is 19.9 Å². The van der Waals surface area contributed by atoms with Crippen LogP contribution in [0, 0.1) is 17.8 Å². The van der Waals surface area contributed by atoms with Crippen LogP contribution in [0.1, 0.15) is 86.3 Å². The summed E-state index contributed by atoms with van der Waals surface area (Å²) < 4.78 is 10.4. The average molecular weight is 766 g/mol. The van der Waals surface area contributed by atoms with Crippen molar-refractivity contribution in [3.8, 4) is 0 Å². The van der Waals surface area contributed by atoms with Gasteiger partial charge < -0.3 is 35.6 Å². The summed E-state index contributed by atoms with van der Waals surface area (Å²) >= 11 is 0. The number of hydrogen-bond donors (Lipinski definition) is 4. The molecule has 0 fully saturated rings. The number of amides is 5. The van der Waals surface area contributed by atoms with E-state index in [0.717, 1.165) is 11.1 Å². The summed E-state index contributed by atoms with van der Waals surface area (Å²) in [6, 6.07) is 13.2. The molecule has 13 nitrogen and oxygen atoms in total. The van der Waals surface area contributed by atoms with Gasteiger partial charge in [-0.15, -0.1) is 0 Å². The molecule has 0 heterocycles. The number of esters is 1. The molecule has 2 aromatic rings. The van der Waals surface area contributed by atoms with E-state index in [1.54, 1.807) is 34.6 Å². The first-order chi connectivity index (χ1) is 25.7. The van der Waals surface area contributed by atoms with Crippen LogP contribution in [0.4, 0.5) is 4.79 Å². The molecule has 304 valence electrons. The van der Waals surface area contributed by atoms with Crippen molar-refractivity contribution in [3.63, 3.8) is 0 Å². The molecule has 2 aromatic carbocycles. The summed E-state index contributed by atoms with van der Waals surface area (Å²) in [4.78, 5) is 82.8. The zero-order valence-electron chi connectivity index (χ0n) is 34.4. The number of nitrogens with zero attached hydrogens (tertiary/aromatic N) is 1. The number of benzene rings is 2. The van der Waals surface area contributed by atoms with Gasteiger partial charge in [-0.2, -0.15) is 0 Å². The lowest BCUT2D eigenvalue weighted by atomic mass is 9.97. The molecule has 0 unspecified atom stereocenters. The van der Waals surface area contributed by atoms with Gasteiger partial charge >= 0.3 is 12.1 Å². The molecule has 13 heteroatoms. The molecule has 0 aliphatic rings. The first-order valence-corrected chi connectivity index (χ1v) is 19.0. The SMILES string of the molecule is COC(=O)[C@H](Cc1ccccc1)NC(=O)[C@@H](Cc1ccccc1)N(C)C(=O)[C@@H](NC(=O)[C@H](CC(C)C)NC(=O)[C@H](CC(C)C)NC(=O)OC(C)(C)C)C(C)C. The fourth-order valence-electron chi connectivity index (χ4n) is 5.96. The molecule has 0 aliphatic heterocycles. The summed E-state index contributed by atoms with van der Waals surface area (Å²) in [6.45, 7) is 16.3. The average Bonchev–Trinajstić information content (AvgIpc) is 3.10. The topological polar surface area (TPSA) is 172 Å². The minimum atomic E-state index is -1.08. The predicted molar refractivity (Wildman–Crippen MR) is 212 cm³/mol. The number of ether oxygens (including phenoxy) is 2. The highest BCUT2D eigenvalue weighted by Crippen LogP contribution is 2.16. The molecular weight excluding hydrogens is 702 g/mol. The number of nitrogens with one attached hydrogen (secondary N) is 4. The second-order valence-electron chi connectivity index (χ2n) is 16.2. The van der Waals surface area contributed by atoms with Gasteiger partial charge in [0.25, 0.3) is 0 Å². The van der Waals surface area contributed by atoms with E-state index in [1.165, 1.54) is 19.1 Å². The van der Waals surface area contributed by atoms with E-state index in [4.69, 9.17) is 9.47 Å². The fraction of sp³-hybridized carbons (Fsp3) is 0.571. The highest BCUT2D eigenvalue weighted by molar-refractivity contribution is 5.96. The van der Waals surface area contributed by atoms with Crippen molar-refractivity contribution < 1.29 is 38.2 Å². The first-order valence-electron chi connectivity index (χ1n) is 19.0. The van der Waals surface area contributed by atoms with E-state index in [0.29, 0.717) is 6.42 Å². The molecule has 0 saturated heterocycles. The Labute approximate surface area is 327 Å². The monoisotopic (exact) mass is 765 g/mol. The molecule has 0 aliphatic carbocycles. The standard InChI is InChI=1S/C42H63N5O8/c1-26(2)22-31(43-36(48)32(23-27(3)4)45-41(53)55-42(7,8)9)37(49)46-35(28(5)6)39(51)47(10)34(25-30-20-16-13-17-21-30)38(50)44-33(40(52)54-11)24-29-18-14-12-15-19-29/h12-21,26-28,31-35H,22-25H2,1-11H3,(H,43,48)(H,44,50)(H,45,53)(H,46,49)/t31-,32-,33-,34+,35-/m0/s1. The Hall–Kier alpha value is -4.94. The molecule has 0 spiro atoms. The van der Waals surface area contributed by atoms with Crippen LogP contribution in [0.2, 0.25) is 0 Å². The normalized spacial score (nSPS) is 14.2. The third-order valence-corrected chi connectivity index (χ3v) is 8.76. The van der Waals surface area contributed by atoms with E-state index in [2.05, 4.69) is 21.3 Å². The summed E-state index contributed by atoms with van der Waals surface area (Å²) in [5.74, 6) is -3.28. The van der Waals surface area contributed by atoms with Crippen molar-refractivity contribution in [2.24, 2.45) is 17.8 Å². The number of rotatable bonds is 19. The van der Waals surface area contributed by atoms with Gasteiger partial charge in [-0.25, -0.2) is 9.59 Å². The van der Waals surface area contributed by atoms with E-state index in [9.17, 15) is 28.8 Å². The zero-order valence-corrected chi connectivity index (χ0v) is 34.4. The van der Waals surface area contributed by atoms with Crippen molar-refractivity contribution in [2.45, 2.75) is 124 Å². The first kappa shape index (κ1) is 46.2. The highest BCUT2D eigenvalue weighted by Gasteiger charge is 2.37. The fourth-order valence-corrected chi connectivity index (χ4v) is 5.96. The van der Waals surface area contributed by atoms with E-state index in [-0.39, 0.29) is 31.1 Å². The van der Waals surface area contributed by atoms with Gasteiger partial charge in [-0.1, -0.05) is 102 Å².